The van der Waals surface area contributed by atoms with Crippen LogP contribution in [-0.4, -0.2) is 70.5 Å². The van der Waals surface area contributed by atoms with E-state index >= 15 is 0 Å². The number of fused-ring (bicyclic) bond motifs is 5. The molecular weight excluding hydrogens is 458 g/mol. The molecule has 2 saturated heterocycles. The Balaban J connectivity index is 1.28. The molecule has 4 saturated carbocycles. The van der Waals surface area contributed by atoms with Crippen molar-refractivity contribution in [3.63, 3.8) is 0 Å². The highest BCUT2D eigenvalue weighted by Crippen LogP contribution is 2.68. The summed E-state index contributed by atoms with van der Waals surface area (Å²) in [5, 5.41) is 11.3. The van der Waals surface area contributed by atoms with Crippen molar-refractivity contribution in [2.24, 2.45) is 40.4 Å². The molecule has 2 aliphatic heterocycles. The predicted molar refractivity (Wildman–Crippen MR) is 139 cm³/mol. The minimum absolute atomic E-state index is 0.00229. The molecule has 6 rings (SSSR count). The van der Waals surface area contributed by atoms with Crippen molar-refractivity contribution < 1.29 is 19.4 Å². The Morgan fingerprint density at radius 3 is 2.46 bits per heavy atom. The Hall–Kier alpha value is -0.140. The highest BCUT2D eigenvalue weighted by molar-refractivity contribution is 8.00. The third-order valence-electron chi connectivity index (χ3n) is 11.8. The molecule has 2 heterocycles. The summed E-state index contributed by atoms with van der Waals surface area (Å²) in [6.45, 7) is 15.0. The fourth-order valence-electron chi connectivity index (χ4n) is 10.4. The van der Waals surface area contributed by atoms with Crippen LogP contribution < -0.4 is 0 Å². The van der Waals surface area contributed by atoms with E-state index in [0.717, 1.165) is 50.9 Å². The van der Waals surface area contributed by atoms with E-state index in [4.69, 9.17) is 9.47 Å². The number of ketones is 1. The lowest BCUT2D eigenvalue weighted by Crippen LogP contribution is -2.63. The van der Waals surface area contributed by atoms with Crippen LogP contribution >= 0.6 is 11.8 Å². The van der Waals surface area contributed by atoms with Gasteiger partial charge in [0.05, 0.1) is 19.3 Å². The zero-order valence-electron chi connectivity index (χ0n) is 22.6. The molecule has 0 aromatic heterocycles. The molecule has 0 radical (unpaired) electrons. The number of aliphatic hydroxyl groups excluding tert-OH is 1. The van der Waals surface area contributed by atoms with Crippen molar-refractivity contribution in [1.29, 1.82) is 0 Å². The van der Waals surface area contributed by atoms with E-state index in [1.807, 2.05) is 0 Å². The monoisotopic (exact) mass is 505 g/mol. The smallest absolute Gasteiger partial charge is 0.169 e. The lowest BCUT2D eigenvalue weighted by Gasteiger charge is -2.62. The van der Waals surface area contributed by atoms with Gasteiger partial charge in [-0.05, 0) is 87.9 Å². The summed E-state index contributed by atoms with van der Waals surface area (Å²) in [6, 6.07) is 0.187. The van der Waals surface area contributed by atoms with Crippen LogP contribution in [0.5, 0.6) is 0 Å². The Morgan fingerprint density at radius 2 is 1.74 bits per heavy atom. The average molecular weight is 506 g/mol. The molecule has 9 atom stereocenters. The molecule has 0 spiro atoms. The van der Waals surface area contributed by atoms with E-state index in [1.54, 1.807) is 0 Å². The van der Waals surface area contributed by atoms with Gasteiger partial charge in [-0.25, -0.2) is 0 Å². The number of hydrogen-bond donors (Lipinski definition) is 1. The van der Waals surface area contributed by atoms with Gasteiger partial charge in [0, 0.05) is 47.9 Å². The van der Waals surface area contributed by atoms with E-state index in [1.165, 1.54) is 6.42 Å². The van der Waals surface area contributed by atoms with Crippen LogP contribution in [0.1, 0.15) is 79.6 Å². The van der Waals surface area contributed by atoms with Crippen LogP contribution in [0.3, 0.4) is 0 Å². The fraction of sp³-hybridized carbons (Fsp3) is 0.966. The summed E-state index contributed by atoms with van der Waals surface area (Å²) in [6.07, 6.45) is 6.87. The fourth-order valence-corrected chi connectivity index (χ4v) is 11.5. The van der Waals surface area contributed by atoms with Crippen LogP contribution in [0.4, 0.5) is 0 Å². The first-order valence-corrected chi connectivity index (χ1v) is 15.3. The maximum absolute atomic E-state index is 14.2. The van der Waals surface area contributed by atoms with Gasteiger partial charge in [0.25, 0.3) is 0 Å². The largest absolute Gasteiger partial charge is 0.391 e. The van der Waals surface area contributed by atoms with Gasteiger partial charge in [-0.15, -0.1) is 0 Å². The van der Waals surface area contributed by atoms with Crippen LogP contribution in [0.25, 0.3) is 0 Å². The number of hydrogen-bond acceptors (Lipinski definition) is 6. The number of carbonyl (C=O) groups is 1. The molecule has 5 nitrogen and oxygen atoms in total. The third-order valence-corrected chi connectivity index (χ3v) is 13.1. The van der Waals surface area contributed by atoms with Crippen molar-refractivity contribution in [2.75, 3.05) is 32.1 Å². The SMILES string of the molecule is CC1(C)CN([C@H]2C[C@@]3(C)[C@@H](CC[C@H]4[C@@H]5CC[C@H](C6(C)OCCO6)[C@@]5(C)CC(=O)[C@@H]43)C[C@@H]2O)CCS1. The predicted octanol–water partition coefficient (Wildman–Crippen LogP) is 4.75. The van der Waals surface area contributed by atoms with Crippen LogP contribution in [0.2, 0.25) is 0 Å². The van der Waals surface area contributed by atoms with Crippen LogP contribution in [0, 0.1) is 40.4 Å². The Kier molecular flexibility index (Phi) is 6.06. The molecule has 0 aromatic rings. The quantitative estimate of drug-likeness (QED) is 0.584. The second kappa shape index (κ2) is 8.43. The summed E-state index contributed by atoms with van der Waals surface area (Å²) >= 11 is 2.05. The van der Waals surface area contributed by atoms with Gasteiger partial charge in [-0.1, -0.05) is 13.8 Å². The lowest BCUT2D eigenvalue weighted by molar-refractivity contribution is -0.217. The Labute approximate surface area is 216 Å². The minimum Gasteiger partial charge on any atom is -0.391 e. The molecule has 6 heteroatoms. The van der Waals surface area contributed by atoms with Gasteiger partial charge in [0.15, 0.2) is 5.79 Å². The van der Waals surface area contributed by atoms with Crippen molar-refractivity contribution in [2.45, 2.75) is 102 Å². The highest BCUT2D eigenvalue weighted by Gasteiger charge is 2.67. The number of carbonyl (C=O) groups excluding carboxylic acids is 1. The molecule has 198 valence electrons. The average Bonchev–Trinajstić information content (AvgIpc) is 3.36. The van der Waals surface area contributed by atoms with E-state index in [0.29, 0.717) is 49.1 Å². The van der Waals surface area contributed by atoms with E-state index < -0.39 is 5.79 Å². The molecule has 0 amide bonds. The molecule has 1 N–H and O–H groups in total. The Bertz CT molecular complexity index is 858. The molecule has 6 fully saturated rings. The van der Waals surface area contributed by atoms with Crippen molar-refractivity contribution >= 4 is 17.5 Å². The van der Waals surface area contributed by atoms with Gasteiger partial charge in [0.1, 0.15) is 5.78 Å². The van der Waals surface area contributed by atoms with Crippen molar-refractivity contribution in [3.8, 4) is 0 Å². The molecule has 35 heavy (non-hydrogen) atoms. The standard InChI is InChI=1S/C29H47NO4S/c1-26(2)17-30(10-13-35-26)21-15-27(3)18(14-22(21)31)6-7-19-20-8-9-24(29(5)33-11-12-34-29)28(20,4)16-23(32)25(19)27/h18-22,24-25,31H,6-17H2,1-5H3/t18-,19-,20-,21-,22-,24-,25+,27-,28-/m0/s1. The topological polar surface area (TPSA) is 59.0 Å². The Morgan fingerprint density at radius 1 is 1.00 bits per heavy atom. The summed E-state index contributed by atoms with van der Waals surface area (Å²) < 4.78 is 12.5. The van der Waals surface area contributed by atoms with E-state index in [-0.39, 0.29) is 33.6 Å². The number of Topliss-reactive ketones (excluding diaryl/α,β-unsaturated/α-hetero) is 1. The molecule has 0 aromatic carbocycles. The first-order valence-electron chi connectivity index (χ1n) is 14.3. The zero-order valence-corrected chi connectivity index (χ0v) is 23.4. The summed E-state index contributed by atoms with van der Waals surface area (Å²) in [5.74, 6) is 3.06. The first kappa shape index (κ1) is 25.2. The number of thioether (sulfide) groups is 1. The summed E-state index contributed by atoms with van der Waals surface area (Å²) in [4.78, 5) is 16.8. The van der Waals surface area contributed by atoms with Gasteiger partial charge >= 0.3 is 0 Å². The van der Waals surface area contributed by atoms with Crippen LogP contribution in [0.15, 0.2) is 0 Å². The van der Waals surface area contributed by atoms with Crippen LogP contribution in [-0.2, 0) is 14.3 Å². The third kappa shape index (κ3) is 3.82. The minimum atomic E-state index is -0.531. The van der Waals surface area contributed by atoms with Gasteiger partial charge in [0.2, 0.25) is 0 Å². The molecule has 0 unspecified atom stereocenters. The number of rotatable bonds is 2. The van der Waals surface area contributed by atoms with Gasteiger partial charge in [-0.3, -0.25) is 9.69 Å². The van der Waals surface area contributed by atoms with Gasteiger partial charge in [-0.2, -0.15) is 11.8 Å². The van der Waals surface area contributed by atoms with E-state index in [2.05, 4.69) is 51.3 Å². The highest BCUT2D eigenvalue weighted by atomic mass is 32.2. The zero-order chi connectivity index (χ0) is 24.8. The molecule has 4 aliphatic carbocycles. The first-order chi connectivity index (χ1) is 16.5. The summed E-state index contributed by atoms with van der Waals surface area (Å²) in [7, 11) is 0. The molecule has 6 aliphatic rings. The number of ether oxygens (including phenoxy) is 2. The molecular formula is C29H47NO4S. The maximum atomic E-state index is 14.2. The second-order valence-electron chi connectivity index (χ2n) is 14.2. The summed E-state index contributed by atoms with van der Waals surface area (Å²) in [5.41, 5.74) is -0.0233. The second-order valence-corrected chi connectivity index (χ2v) is 16.0. The number of aliphatic hydroxyl groups is 1. The van der Waals surface area contributed by atoms with E-state index in [9.17, 15) is 9.90 Å². The van der Waals surface area contributed by atoms with Crippen molar-refractivity contribution in [1.82, 2.24) is 4.90 Å². The molecule has 0 bridgehead atoms. The maximum Gasteiger partial charge on any atom is 0.169 e. The normalized spacial score (nSPS) is 51.5. The van der Waals surface area contributed by atoms with Gasteiger partial charge < -0.3 is 14.6 Å². The lowest BCUT2D eigenvalue weighted by atomic mass is 9.43. The van der Waals surface area contributed by atoms with Crippen molar-refractivity contribution in [3.05, 3.63) is 0 Å². The number of nitrogens with zero attached hydrogens (tertiary/aromatic N) is 1.